The molecular formula is C15H23NO2. The number of benzene rings is 1. The summed E-state index contributed by atoms with van der Waals surface area (Å²) < 4.78 is 5.10. The fourth-order valence-electron chi connectivity index (χ4n) is 2.06. The van der Waals surface area contributed by atoms with Crippen molar-refractivity contribution in [1.82, 2.24) is 4.90 Å². The van der Waals surface area contributed by atoms with Crippen LogP contribution in [0.4, 0.5) is 0 Å². The molecule has 0 saturated heterocycles. The van der Waals surface area contributed by atoms with Crippen molar-refractivity contribution in [3.05, 3.63) is 35.4 Å². The largest absolute Gasteiger partial charge is 0.465 e. The molecule has 0 saturated carbocycles. The molecule has 0 radical (unpaired) electrons. The number of hydrogen-bond donors (Lipinski definition) is 0. The zero-order chi connectivity index (χ0) is 13.5. The highest BCUT2D eigenvalue weighted by molar-refractivity contribution is 5.75. The Hall–Kier alpha value is -1.35. The molecule has 0 aliphatic heterocycles. The number of aryl methyl sites for hydroxylation is 1. The SMILES string of the molecule is CCOC(=O)C(CC)N(C)Cc1ccccc1C. The van der Waals surface area contributed by atoms with Gasteiger partial charge >= 0.3 is 5.97 Å². The Kier molecular flexibility index (Phi) is 5.86. The highest BCUT2D eigenvalue weighted by atomic mass is 16.5. The van der Waals surface area contributed by atoms with E-state index in [9.17, 15) is 4.79 Å². The first-order chi connectivity index (χ1) is 8.60. The zero-order valence-electron chi connectivity index (χ0n) is 11.8. The monoisotopic (exact) mass is 249 g/mol. The number of hydrogen-bond acceptors (Lipinski definition) is 3. The molecule has 0 aromatic heterocycles. The molecule has 100 valence electrons. The normalized spacial score (nSPS) is 12.5. The second kappa shape index (κ2) is 7.17. The Labute approximate surface area is 110 Å². The third-order valence-electron chi connectivity index (χ3n) is 3.16. The van der Waals surface area contributed by atoms with Crippen molar-refractivity contribution < 1.29 is 9.53 Å². The van der Waals surface area contributed by atoms with Crippen molar-refractivity contribution in [2.45, 2.75) is 39.8 Å². The van der Waals surface area contributed by atoms with Gasteiger partial charge in [0, 0.05) is 6.54 Å². The van der Waals surface area contributed by atoms with E-state index in [1.165, 1.54) is 11.1 Å². The molecule has 3 heteroatoms. The number of rotatable bonds is 6. The first kappa shape index (κ1) is 14.7. The molecule has 0 heterocycles. The molecule has 1 atom stereocenters. The van der Waals surface area contributed by atoms with Crippen molar-refractivity contribution in [1.29, 1.82) is 0 Å². The Morgan fingerprint density at radius 2 is 2.00 bits per heavy atom. The van der Waals surface area contributed by atoms with Crippen LogP contribution in [-0.2, 0) is 16.1 Å². The number of carbonyl (C=O) groups excluding carboxylic acids is 1. The third-order valence-corrected chi connectivity index (χ3v) is 3.16. The molecule has 3 nitrogen and oxygen atoms in total. The quantitative estimate of drug-likeness (QED) is 0.726. The Morgan fingerprint density at radius 1 is 1.33 bits per heavy atom. The fourth-order valence-corrected chi connectivity index (χ4v) is 2.06. The average molecular weight is 249 g/mol. The maximum atomic E-state index is 11.8. The van der Waals surface area contributed by atoms with Crippen molar-refractivity contribution in [3.8, 4) is 0 Å². The van der Waals surface area contributed by atoms with Crippen molar-refractivity contribution in [3.63, 3.8) is 0 Å². The molecule has 0 aliphatic rings. The lowest BCUT2D eigenvalue weighted by Crippen LogP contribution is -2.38. The number of ether oxygens (including phenoxy) is 1. The van der Waals surface area contributed by atoms with Crippen LogP contribution in [0.5, 0.6) is 0 Å². The highest BCUT2D eigenvalue weighted by Crippen LogP contribution is 2.13. The molecule has 0 amide bonds. The Bertz CT molecular complexity index is 390. The van der Waals surface area contributed by atoms with Gasteiger partial charge in [0.05, 0.1) is 6.61 Å². The Morgan fingerprint density at radius 3 is 2.56 bits per heavy atom. The Balaban J connectivity index is 2.71. The predicted octanol–water partition coefficient (Wildman–Crippen LogP) is 2.77. The standard InChI is InChI=1S/C15H23NO2/c1-5-14(15(17)18-6-2)16(4)11-13-10-8-7-9-12(13)3/h7-10,14H,5-6,11H2,1-4H3. The van der Waals surface area contributed by atoms with Gasteiger partial charge in [-0.2, -0.15) is 0 Å². The molecule has 1 aromatic carbocycles. The lowest BCUT2D eigenvalue weighted by molar-refractivity contribution is -0.149. The maximum absolute atomic E-state index is 11.8. The van der Waals surface area contributed by atoms with Crippen LogP contribution >= 0.6 is 0 Å². The molecule has 1 aromatic rings. The number of carbonyl (C=O) groups is 1. The van der Waals surface area contributed by atoms with E-state index in [1.54, 1.807) is 0 Å². The van der Waals surface area contributed by atoms with E-state index < -0.39 is 0 Å². The van der Waals surface area contributed by atoms with Crippen LogP contribution in [0.3, 0.4) is 0 Å². The van der Waals surface area contributed by atoms with Gasteiger partial charge in [0.15, 0.2) is 0 Å². The lowest BCUT2D eigenvalue weighted by Gasteiger charge is -2.25. The smallest absolute Gasteiger partial charge is 0.323 e. The van der Waals surface area contributed by atoms with E-state index in [2.05, 4.69) is 24.0 Å². The summed E-state index contributed by atoms with van der Waals surface area (Å²) >= 11 is 0. The van der Waals surface area contributed by atoms with Gasteiger partial charge in [-0.25, -0.2) is 0 Å². The summed E-state index contributed by atoms with van der Waals surface area (Å²) in [6.07, 6.45) is 0.765. The summed E-state index contributed by atoms with van der Waals surface area (Å²) in [7, 11) is 1.97. The first-order valence-corrected chi connectivity index (χ1v) is 6.51. The van der Waals surface area contributed by atoms with Crippen molar-refractivity contribution in [2.24, 2.45) is 0 Å². The van der Waals surface area contributed by atoms with Crippen LogP contribution in [0.2, 0.25) is 0 Å². The van der Waals surface area contributed by atoms with Gasteiger partial charge in [0.2, 0.25) is 0 Å². The molecular weight excluding hydrogens is 226 g/mol. The maximum Gasteiger partial charge on any atom is 0.323 e. The van der Waals surface area contributed by atoms with E-state index >= 15 is 0 Å². The number of likely N-dealkylation sites (N-methyl/N-ethyl adjacent to an activating group) is 1. The van der Waals surface area contributed by atoms with Crippen LogP contribution in [0.25, 0.3) is 0 Å². The van der Waals surface area contributed by atoms with Crippen molar-refractivity contribution in [2.75, 3.05) is 13.7 Å². The summed E-state index contributed by atoms with van der Waals surface area (Å²) in [4.78, 5) is 13.9. The van der Waals surface area contributed by atoms with Crippen molar-refractivity contribution >= 4 is 5.97 Å². The molecule has 0 fully saturated rings. The molecule has 1 rings (SSSR count). The second-order valence-corrected chi connectivity index (χ2v) is 4.52. The zero-order valence-corrected chi connectivity index (χ0v) is 11.8. The van der Waals surface area contributed by atoms with E-state index in [0.29, 0.717) is 6.61 Å². The minimum absolute atomic E-state index is 0.129. The van der Waals surface area contributed by atoms with Crippen LogP contribution in [0.1, 0.15) is 31.4 Å². The highest BCUT2D eigenvalue weighted by Gasteiger charge is 2.22. The van der Waals surface area contributed by atoms with Crippen LogP contribution in [-0.4, -0.2) is 30.6 Å². The molecule has 1 unspecified atom stereocenters. The first-order valence-electron chi connectivity index (χ1n) is 6.51. The van der Waals surface area contributed by atoms with E-state index in [0.717, 1.165) is 13.0 Å². The molecule has 18 heavy (non-hydrogen) atoms. The van der Waals surface area contributed by atoms with Gasteiger partial charge in [-0.05, 0) is 38.4 Å². The van der Waals surface area contributed by atoms with Gasteiger partial charge in [-0.15, -0.1) is 0 Å². The lowest BCUT2D eigenvalue weighted by atomic mass is 10.1. The summed E-state index contributed by atoms with van der Waals surface area (Å²) in [6, 6.07) is 8.09. The van der Waals surface area contributed by atoms with Gasteiger partial charge in [-0.1, -0.05) is 31.2 Å². The topological polar surface area (TPSA) is 29.5 Å². The van der Waals surface area contributed by atoms with Crippen LogP contribution in [0, 0.1) is 6.92 Å². The summed E-state index contributed by atoms with van der Waals surface area (Å²) in [6.45, 7) is 7.15. The van der Waals surface area contributed by atoms with Gasteiger partial charge < -0.3 is 4.74 Å². The van der Waals surface area contributed by atoms with E-state index in [-0.39, 0.29) is 12.0 Å². The summed E-state index contributed by atoms with van der Waals surface area (Å²) in [5, 5.41) is 0. The van der Waals surface area contributed by atoms with Crippen LogP contribution < -0.4 is 0 Å². The van der Waals surface area contributed by atoms with E-state index in [4.69, 9.17) is 4.74 Å². The molecule has 0 spiro atoms. The third kappa shape index (κ3) is 3.84. The molecule has 0 aliphatic carbocycles. The molecule has 0 N–H and O–H groups in total. The number of esters is 1. The van der Waals surface area contributed by atoms with Gasteiger partial charge in [0.25, 0.3) is 0 Å². The minimum atomic E-state index is -0.162. The summed E-state index contributed by atoms with van der Waals surface area (Å²) in [5.41, 5.74) is 2.51. The fraction of sp³-hybridized carbons (Fsp3) is 0.533. The van der Waals surface area contributed by atoms with Crippen LogP contribution in [0.15, 0.2) is 24.3 Å². The average Bonchev–Trinajstić information content (AvgIpc) is 2.33. The van der Waals surface area contributed by atoms with Gasteiger partial charge in [0.1, 0.15) is 6.04 Å². The summed E-state index contributed by atoms with van der Waals surface area (Å²) in [5.74, 6) is -0.129. The van der Waals surface area contributed by atoms with E-state index in [1.807, 2.05) is 33.0 Å². The number of nitrogens with zero attached hydrogens (tertiary/aromatic N) is 1. The minimum Gasteiger partial charge on any atom is -0.465 e. The second-order valence-electron chi connectivity index (χ2n) is 4.52. The molecule has 0 bridgehead atoms. The van der Waals surface area contributed by atoms with Gasteiger partial charge in [-0.3, -0.25) is 9.69 Å². The predicted molar refractivity (Wildman–Crippen MR) is 73.4 cm³/mol.